The summed E-state index contributed by atoms with van der Waals surface area (Å²) in [5.74, 6) is -1.60. The van der Waals surface area contributed by atoms with Crippen LogP contribution in [0, 0.1) is 0 Å². The molecular weight excluding hydrogens is 342 g/mol. The van der Waals surface area contributed by atoms with Gasteiger partial charge < -0.3 is 14.0 Å². The van der Waals surface area contributed by atoms with Crippen molar-refractivity contribution in [2.75, 3.05) is 6.61 Å². The minimum absolute atomic E-state index is 0.165. The van der Waals surface area contributed by atoms with E-state index in [9.17, 15) is 9.59 Å². The number of carbonyl (C=O) groups is 2. The van der Waals surface area contributed by atoms with Crippen LogP contribution in [0.15, 0.2) is 18.2 Å². The van der Waals surface area contributed by atoms with Crippen LogP contribution in [0.2, 0.25) is 5.02 Å². The van der Waals surface area contributed by atoms with Gasteiger partial charge in [-0.05, 0) is 51.7 Å². The molecule has 1 fully saturated rings. The molecule has 0 atom stereocenters. The number of halogens is 1. The summed E-state index contributed by atoms with van der Waals surface area (Å²) in [6.45, 7) is 9.96. The molecule has 0 saturated carbocycles. The van der Waals surface area contributed by atoms with E-state index in [0.717, 1.165) is 6.42 Å². The lowest BCUT2D eigenvalue weighted by Gasteiger charge is -2.32. The summed E-state index contributed by atoms with van der Waals surface area (Å²) < 4.78 is 16.9. The van der Waals surface area contributed by atoms with Crippen molar-refractivity contribution in [2.45, 2.75) is 58.7 Å². The molecule has 7 heteroatoms. The van der Waals surface area contributed by atoms with Crippen LogP contribution in [-0.2, 0) is 18.8 Å². The first-order valence-corrected chi connectivity index (χ1v) is 8.83. The molecule has 25 heavy (non-hydrogen) atoms. The lowest BCUT2D eigenvalue weighted by Crippen LogP contribution is -2.41. The van der Waals surface area contributed by atoms with Gasteiger partial charge in [0.25, 0.3) is 5.78 Å². The third kappa shape index (κ3) is 4.43. The lowest BCUT2D eigenvalue weighted by atomic mass is 9.78. The molecule has 136 valence electrons. The summed E-state index contributed by atoms with van der Waals surface area (Å²) in [4.78, 5) is 24.2. The topological polar surface area (TPSA) is 61.8 Å². The SMILES string of the molecule is CCCCOC(=O)C(=O)c1cc(Cl)cc(B2OC(C)(C)C(C)(C)O2)c1. The predicted molar refractivity (Wildman–Crippen MR) is 97.4 cm³/mol. The van der Waals surface area contributed by atoms with E-state index in [1.54, 1.807) is 12.1 Å². The molecule has 2 rings (SSSR count). The largest absolute Gasteiger partial charge is 0.494 e. The van der Waals surface area contributed by atoms with Gasteiger partial charge in [0.15, 0.2) is 0 Å². The summed E-state index contributed by atoms with van der Waals surface area (Å²) in [5.41, 5.74) is -0.262. The van der Waals surface area contributed by atoms with Gasteiger partial charge >= 0.3 is 13.1 Å². The van der Waals surface area contributed by atoms with Gasteiger partial charge in [0.1, 0.15) is 0 Å². The number of Topliss-reactive ketones (excluding diaryl/α,β-unsaturated/α-hetero) is 1. The highest BCUT2D eigenvalue weighted by molar-refractivity contribution is 6.62. The molecule has 0 N–H and O–H groups in total. The molecule has 1 aromatic carbocycles. The van der Waals surface area contributed by atoms with E-state index in [-0.39, 0.29) is 12.2 Å². The summed E-state index contributed by atoms with van der Waals surface area (Å²) >= 11 is 6.13. The van der Waals surface area contributed by atoms with Crippen LogP contribution < -0.4 is 5.46 Å². The molecule has 1 aliphatic rings. The minimum Gasteiger partial charge on any atom is -0.460 e. The third-order valence-electron chi connectivity index (χ3n) is 4.62. The first-order valence-electron chi connectivity index (χ1n) is 8.45. The Labute approximate surface area is 154 Å². The maximum Gasteiger partial charge on any atom is 0.494 e. The van der Waals surface area contributed by atoms with Crippen molar-refractivity contribution < 1.29 is 23.6 Å². The van der Waals surface area contributed by atoms with Crippen molar-refractivity contribution in [3.05, 3.63) is 28.8 Å². The lowest BCUT2D eigenvalue weighted by molar-refractivity contribution is -0.138. The Balaban J connectivity index is 2.21. The highest BCUT2D eigenvalue weighted by Crippen LogP contribution is 2.36. The third-order valence-corrected chi connectivity index (χ3v) is 4.84. The summed E-state index contributed by atoms with van der Waals surface area (Å²) in [6.07, 6.45) is 1.60. The van der Waals surface area contributed by atoms with Crippen molar-refractivity contribution in [1.82, 2.24) is 0 Å². The van der Waals surface area contributed by atoms with Crippen LogP contribution >= 0.6 is 11.6 Å². The first kappa shape index (κ1) is 20.0. The Bertz CT molecular complexity index is 655. The second-order valence-corrected chi connectivity index (χ2v) is 7.62. The second kappa shape index (κ2) is 7.48. The van der Waals surface area contributed by atoms with E-state index in [4.69, 9.17) is 25.6 Å². The fourth-order valence-electron chi connectivity index (χ4n) is 2.35. The molecule has 1 saturated heterocycles. The van der Waals surface area contributed by atoms with E-state index >= 15 is 0 Å². The van der Waals surface area contributed by atoms with Crippen LogP contribution in [0.5, 0.6) is 0 Å². The van der Waals surface area contributed by atoms with Crippen molar-refractivity contribution in [1.29, 1.82) is 0 Å². The van der Waals surface area contributed by atoms with Gasteiger partial charge in [-0.3, -0.25) is 4.79 Å². The number of esters is 1. The van der Waals surface area contributed by atoms with E-state index in [1.807, 2.05) is 34.6 Å². The quantitative estimate of drug-likeness (QED) is 0.254. The van der Waals surface area contributed by atoms with Gasteiger partial charge in [-0.15, -0.1) is 0 Å². The van der Waals surface area contributed by atoms with Crippen LogP contribution in [0.4, 0.5) is 0 Å². The Morgan fingerprint density at radius 3 is 2.28 bits per heavy atom. The van der Waals surface area contributed by atoms with E-state index < -0.39 is 30.1 Å². The number of ketones is 1. The van der Waals surface area contributed by atoms with Gasteiger partial charge in [-0.1, -0.05) is 31.0 Å². The Kier molecular flexibility index (Phi) is 5.97. The van der Waals surface area contributed by atoms with Gasteiger partial charge in [-0.2, -0.15) is 0 Å². The Hall–Kier alpha value is -1.37. The molecular formula is C18H24BClO5. The van der Waals surface area contributed by atoms with E-state index in [2.05, 4.69) is 0 Å². The maximum absolute atomic E-state index is 12.3. The number of benzene rings is 1. The average Bonchev–Trinajstić information content (AvgIpc) is 2.74. The molecule has 0 radical (unpaired) electrons. The predicted octanol–water partition coefficient (Wildman–Crippen LogP) is 3.17. The van der Waals surface area contributed by atoms with E-state index in [0.29, 0.717) is 16.9 Å². The summed E-state index contributed by atoms with van der Waals surface area (Å²) in [5, 5.41) is 0.330. The van der Waals surface area contributed by atoms with Gasteiger partial charge in [0, 0.05) is 10.6 Å². The molecule has 0 unspecified atom stereocenters. The highest BCUT2D eigenvalue weighted by atomic mass is 35.5. The molecule has 0 spiro atoms. The molecule has 1 aromatic rings. The zero-order valence-corrected chi connectivity index (χ0v) is 16.1. The number of rotatable bonds is 6. The van der Waals surface area contributed by atoms with Gasteiger partial charge in [0.2, 0.25) is 0 Å². The fraction of sp³-hybridized carbons (Fsp3) is 0.556. The second-order valence-electron chi connectivity index (χ2n) is 7.18. The van der Waals surface area contributed by atoms with Gasteiger partial charge in [-0.25, -0.2) is 4.79 Å². The highest BCUT2D eigenvalue weighted by Gasteiger charge is 2.51. The number of carbonyl (C=O) groups excluding carboxylic acids is 2. The number of unbranched alkanes of at least 4 members (excludes halogenated alkanes) is 1. The first-order chi connectivity index (χ1) is 11.6. The Morgan fingerprint density at radius 1 is 1.12 bits per heavy atom. The zero-order chi connectivity index (χ0) is 18.8. The maximum atomic E-state index is 12.3. The van der Waals surface area contributed by atoms with Crippen molar-refractivity contribution in [2.24, 2.45) is 0 Å². The number of hydrogen-bond donors (Lipinski definition) is 0. The minimum atomic E-state index is -0.879. The summed E-state index contributed by atoms with van der Waals surface area (Å²) in [6, 6.07) is 4.68. The van der Waals surface area contributed by atoms with Crippen LogP contribution in [-0.4, -0.2) is 36.7 Å². The molecule has 0 bridgehead atoms. The Morgan fingerprint density at radius 2 is 1.72 bits per heavy atom. The molecule has 1 aliphatic heterocycles. The molecule has 0 amide bonds. The monoisotopic (exact) mass is 366 g/mol. The van der Waals surface area contributed by atoms with E-state index in [1.165, 1.54) is 6.07 Å². The average molecular weight is 367 g/mol. The van der Waals surface area contributed by atoms with Crippen LogP contribution in [0.25, 0.3) is 0 Å². The molecule has 5 nitrogen and oxygen atoms in total. The number of hydrogen-bond acceptors (Lipinski definition) is 5. The van der Waals surface area contributed by atoms with Crippen molar-refractivity contribution in [3.8, 4) is 0 Å². The van der Waals surface area contributed by atoms with Crippen LogP contribution in [0.1, 0.15) is 57.8 Å². The smallest absolute Gasteiger partial charge is 0.460 e. The van der Waals surface area contributed by atoms with Gasteiger partial charge in [0.05, 0.1) is 17.8 Å². The summed E-state index contributed by atoms with van der Waals surface area (Å²) in [7, 11) is -0.661. The van der Waals surface area contributed by atoms with Crippen molar-refractivity contribution >= 4 is 35.9 Å². The zero-order valence-electron chi connectivity index (χ0n) is 15.3. The number of ether oxygens (including phenoxy) is 1. The van der Waals surface area contributed by atoms with Crippen LogP contribution in [0.3, 0.4) is 0 Å². The molecule has 0 aliphatic carbocycles. The fourth-order valence-corrected chi connectivity index (χ4v) is 2.59. The standard InChI is InChI=1S/C18H24BClO5/c1-6-7-8-23-16(22)15(21)12-9-13(11-14(20)10-12)19-24-17(2,3)18(4,5)25-19/h9-11H,6-8H2,1-5H3. The molecule has 0 aromatic heterocycles. The normalized spacial score (nSPS) is 18.2. The molecule has 1 heterocycles. The van der Waals surface area contributed by atoms with Crippen molar-refractivity contribution in [3.63, 3.8) is 0 Å².